The van der Waals surface area contributed by atoms with E-state index in [2.05, 4.69) is 4.74 Å². The molecule has 0 saturated heterocycles. The maximum Gasteiger partial charge on any atom is 0.418 e. The highest BCUT2D eigenvalue weighted by Gasteiger charge is 2.43. The summed E-state index contributed by atoms with van der Waals surface area (Å²) in [6, 6.07) is 6.73. The second-order valence-electron chi connectivity index (χ2n) is 3.88. The number of aldehydes is 1. The SMILES string of the molecule is O=CC(CC(=O)NO)OC(c1ccccc1)C(F)(F)F. The standard InChI is InChI=1S/C12H12F3NO4/c13-12(14,15)11(8-4-2-1-3-5-8)20-9(7-17)6-10(18)16-19/h1-5,7,9,11,19H,6H2,(H,16,18). The Morgan fingerprint density at radius 1 is 1.35 bits per heavy atom. The highest BCUT2D eigenvalue weighted by molar-refractivity contribution is 5.78. The normalized spacial score (nSPS) is 14.4. The molecule has 0 saturated carbocycles. The summed E-state index contributed by atoms with van der Waals surface area (Å²) in [7, 11) is 0. The molecule has 0 spiro atoms. The topological polar surface area (TPSA) is 75.6 Å². The summed E-state index contributed by atoms with van der Waals surface area (Å²) in [5.41, 5.74) is 1.04. The Morgan fingerprint density at radius 2 is 1.95 bits per heavy atom. The summed E-state index contributed by atoms with van der Waals surface area (Å²) in [4.78, 5) is 21.6. The Kier molecular flexibility index (Phi) is 5.66. The molecular formula is C12H12F3NO4. The number of halogens is 3. The summed E-state index contributed by atoms with van der Waals surface area (Å²) < 4.78 is 43.5. The summed E-state index contributed by atoms with van der Waals surface area (Å²) in [6.45, 7) is 0. The van der Waals surface area contributed by atoms with E-state index in [9.17, 15) is 22.8 Å². The lowest BCUT2D eigenvalue weighted by atomic mass is 10.1. The molecule has 0 aliphatic rings. The fourth-order valence-corrected chi connectivity index (χ4v) is 1.50. The number of hydrogen-bond donors (Lipinski definition) is 2. The van der Waals surface area contributed by atoms with Gasteiger partial charge in [-0.15, -0.1) is 0 Å². The number of hydrogen-bond acceptors (Lipinski definition) is 4. The third kappa shape index (κ3) is 4.63. The molecule has 1 amide bonds. The maximum absolute atomic E-state index is 12.9. The third-order valence-corrected chi connectivity index (χ3v) is 2.37. The molecule has 2 N–H and O–H groups in total. The maximum atomic E-state index is 12.9. The minimum Gasteiger partial charge on any atom is -0.353 e. The molecule has 20 heavy (non-hydrogen) atoms. The smallest absolute Gasteiger partial charge is 0.353 e. The largest absolute Gasteiger partial charge is 0.418 e. The number of rotatable bonds is 6. The number of nitrogens with one attached hydrogen (secondary N) is 1. The van der Waals surface area contributed by atoms with Crippen molar-refractivity contribution in [3.63, 3.8) is 0 Å². The molecule has 0 bridgehead atoms. The summed E-state index contributed by atoms with van der Waals surface area (Å²) in [6.07, 6.45) is -9.31. The zero-order valence-corrected chi connectivity index (χ0v) is 10.1. The summed E-state index contributed by atoms with van der Waals surface area (Å²) in [5.74, 6) is -1.02. The number of carbonyl (C=O) groups is 2. The van der Waals surface area contributed by atoms with Crippen LogP contribution < -0.4 is 5.48 Å². The second kappa shape index (κ2) is 7.01. The molecule has 0 aromatic heterocycles. The van der Waals surface area contributed by atoms with Crippen molar-refractivity contribution in [2.24, 2.45) is 0 Å². The lowest BCUT2D eigenvalue weighted by molar-refractivity contribution is -0.233. The van der Waals surface area contributed by atoms with Gasteiger partial charge in [0.1, 0.15) is 12.4 Å². The summed E-state index contributed by atoms with van der Waals surface area (Å²) in [5, 5.41) is 8.30. The van der Waals surface area contributed by atoms with Crippen molar-refractivity contribution in [3.8, 4) is 0 Å². The van der Waals surface area contributed by atoms with Crippen LogP contribution in [0, 0.1) is 0 Å². The van der Waals surface area contributed by atoms with Crippen molar-refractivity contribution >= 4 is 12.2 Å². The van der Waals surface area contributed by atoms with E-state index in [0.717, 1.165) is 0 Å². The van der Waals surface area contributed by atoms with E-state index in [-0.39, 0.29) is 11.8 Å². The van der Waals surface area contributed by atoms with E-state index < -0.39 is 30.7 Å². The molecule has 0 radical (unpaired) electrons. The van der Waals surface area contributed by atoms with Crippen molar-refractivity contribution < 1.29 is 32.7 Å². The summed E-state index contributed by atoms with van der Waals surface area (Å²) >= 11 is 0. The van der Waals surface area contributed by atoms with Gasteiger partial charge in [-0.05, 0) is 5.56 Å². The van der Waals surface area contributed by atoms with Crippen LogP contribution in [0.5, 0.6) is 0 Å². The first-order valence-corrected chi connectivity index (χ1v) is 5.53. The molecule has 0 heterocycles. The van der Waals surface area contributed by atoms with Crippen LogP contribution in [0.15, 0.2) is 30.3 Å². The number of amides is 1. The molecule has 2 atom stereocenters. The number of carbonyl (C=O) groups excluding carboxylic acids is 2. The highest BCUT2D eigenvalue weighted by atomic mass is 19.4. The number of benzene rings is 1. The van der Waals surface area contributed by atoms with Crippen LogP contribution in [0.1, 0.15) is 18.1 Å². The Labute approximate surface area is 112 Å². The van der Waals surface area contributed by atoms with Crippen molar-refractivity contribution in [1.29, 1.82) is 0 Å². The van der Waals surface area contributed by atoms with Crippen molar-refractivity contribution in [2.75, 3.05) is 0 Å². The fourth-order valence-electron chi connectivity index (χ4n) is 1.50. The molecule has 110 valence electrons. The molecule has 0 aliphatic heterocycles. The van der Waals surface area contributed by atoms with Gasteiger partial charge in [-0.25, -0.2) is 5.48 Å². The lowest BCUT2D eigenvalue weighted by Gasteiger charge is -2.24. The first kappa shape index (κ1) is 16.1. The number of ether oxygens (including phenoxy) is 1. The Morgan fingerprint density at radius 3 is 2.40 bits per heavy atom. The van der Waals surface area contributed by atoms with Gasteiger partial charge >= 0.3 is 6.18 Å². The number of alkyl halides is 3. The van der Waals surface area contributed by atoms with E-state index >= 15 is 0 Å². The average Bonchev–Trinajstić information content (AvgIpc) is 2.42. The van der Waals surface area contributed by atoms with Crippen LogP contribution in [0.2, 0.25) is 0 Å². The van der Waals surface area contributed by atoms with Crippen LogP contribution in [-0.2, 0) is 14.3 Å². The molecule has 0 fully saturated rings. The van der Waals surface area contributed by atoms with Crippen molar-refractivity contribution in [2.45, 2.75) is 24.8 Å². The van der Waals surface area contributed by atoms with Crippen molar-refractivity contribution in [1.82, 2.24) is 5.48 Å². The highest BCUT2D eigenvalue weighted by Crippen LogP contribution is 2.36. The minimum absolute atomic E-state index is 0.0803. The van der Waals surface area contributed by atoms with Crippen LogP contribution in [0.4, 0.5) is 13.2 Å². The molecule has 8 heteroatoms. The van der Waals surface area contributed by atoms with Crippen LogP contribution in [-0.4, -0.2) is 29.7 Å². The van der Waals surface area contributed by atoms with E-state index in [1.165, 1.54) is 35.8 Å². The van der Waals surface area contributed by atoms with Gasteiger partial charge in [-0.3, -0.25) is 10.0 Å². The predicted molar refractivity (Wildman–Crippen MR) is 60.7 cm³/mol. The Hall–Kier alpha value is -1.93. The lowest BCUT2D eigenvalue weighted by Crippen LogP contribution is -2.32. The molecule has 1 rings (SSSR count). The third-order valence-electron chi connectivity index (χ3n) is 2.37. The monoisotopic (exact) mass is 291 g/mol. The minimum atomic E-state index is -4.74. The Balaban J connectivity index is 2.90. The zero-order chi connectivity index (χ0) is 15.2. The van der Waals surface area contributed by atoms with E-state index in [4.69, 9.17) is 5.21 Å². The van der Waals surface area contributed by atoms with Crippen LogP contribution >= 0.6 is 0 Å². The zero-order valence-electron chi connectivity index (χ0n) is 10.1. The van der Waals surface area contributed by atoms with Gasteiger partial charge in [0.05, 0.1) is 6.42 Å². The van der Waals surface area contributed by atoms with Gasteiger partial charge in [0.15, 0.2) is 6.10 Å². The number of hydroxylamine groups is 1. The second-order valence-corrected chi connectivity index (χ2v) is 3.88. The van der Waals surface area contributed by atoms with Gasteiger partial charge in [0.25, 0.3) is 0 Å². The molecular weight excluding hydrogens is 279 g/mol. The van der Waals surface area contributed by atoms with Gasteiger partial charge in [0, 0.05) is 0 Å². The van der Waals surface area contributed by atoms with E-state index in [0.29, 0.717) is 0 Å². The molecule has 1 aromatic rings. The molecule has 1 aromatic carbocycles. The van der Waals surface area contributed by atoms with Crippen LogP contribution in [0.3, 0.4) is 0 Å². The van der Waals surface area contributed by atoms with E-state index in [1.54, 1.807) is 0 Å². The first-order valence-electron chi connectivity index (χ1n) is 5.53. The van der Waals surface area contributed by atoms with Crippen molar-refractivity contribution in [3.05, 3.63) is 35.9 Å². The van der Waals surface area contributed by atoms with Crippen LogP contribution in [0.25, 0.3) is 0 Å². The first-order chi connectivity index (χ1) is 9.38. The average molecular weight is 291 g/mol. The quantitative estimate of drug-likeness (QED) is 0.476. The van der Waals surface area contributed by atoms with Gasteiger partial charge in [0.2, 0.25) is 5.91 Å². The molecule has 5 nitrogen and oxygen atoms in total. The van der Waals surface area contributed by atoms with Gasteiger partial charge < -0.3 is 9.53 Å². The van der Waals surface area contributed by atoms with Gasteiger partial charge in [-0.2, -0.15) is 13.2 Å². The van der Waals surface area contributed by atoms with E-state index in [1.807, 2.05) is 0 Å². The molecule has 0 aliphatic carbocycles. The fraction of sp³-hybridized carbons (Fsp3) is 0.333. The predicted octanol–water partition coefficient (Wildman–Crippen LogP) is 1.77. The molecule has 2 unspecified atom stereocenters. The van der Waals surface area contributed by atoms with Gasteiger partial charge in [-0.1, -0.05) is 30.3 Å². The Bertz CT molecular complexity index is 450.